The van der Waals surface area contributed by atoms with Crippen LogP contribution in [0.3, 0.4) is 0 Å². The number of hydrogen-bond acceptors (Lipinski definition) is 2. The molecule has 2 rings (SSSR count). The second kappa shape index (κ2) is 4.50. The Bertz CT molecular complexity index is 391. The summed E-state index contributed by atoms with van der Waals surface area (Å²) >= 11 is 0. The fourth-order valence-electron chi connectivity index (χ4n) is 2.62. The van der Waals surface area contributed by atoms with Gasteiger partial charge >= 0.3 is 0 Å². The normalized spacial score (nSPS) is 27.4. The minimum atomic E-state index is -0.728. The highest BCUT2D eigenvalue weighted by Crippen LogP contribution is 2.35. The van der Waals surface area contributed by atoms with E-state index in [-0.39, 0.29) is 17.2 Å². The van der Waals surface area contributed by atoms with Gasteiger partial charge in [-0.15, -0.1) is 0 Å². The number of nitrogens with one attached hydrogen (secondary N) is 1. The Morgan fingerprint density at radius 2 is 1.84 bits per heavy atom. The van der Waals surface area contributed by atoms with Crippen molar-refractivity contribution in [2.24, 2.45) is 11.3 Å². The molecule has 0 spiro atoms. The zero-order valence-corrected chi connectivity index (χ0v) is 12.7. The smallest absolute Gasteiger partial charge is 0.246 e. The molecule has 108 valence electrons. The van der Waals surface area contributed by atoms with Gasteiger partial charge in [0, 0.05) is 6.54 Å². The van der Waals surface area contributed by atoms with Crippen molar-refractivity contribution in [1.82, 2.24) is 10.2 Å². The zero-order valence-electron chi connectivity index (χ0n) is 12.7. The Hall–Kier alpha value is -1.06. The fourth-order valence-corrected chi connectivity index (χ4v) is 2.62. The van der Waals surface area contributed by atoms with Gasteiger partial charge in [0.2, 0.25) is 11.8 Å². The molecule has 19 heavy (non-hydrogen) atoms. The number of amides is 2. The van der Waals surface area contributed by atoms with E-state index in [9.17, 15) is 9.59 Å². The van der Waals surface area contributed by atoms with Crippen molar-refractivity contribution in [3.05, 3.63) is 0 Å². The van der Waals surface area contributed by atoms with Gasteiger partial charge in [-0.25, -0.2) is 0 Å². The SMILES string of the molecule is CC(C)(C)C1NC(=O)C(C)(C)N(CCC2CC2)C1=O. The summed E-state index contributed by atoms with van der Waals surface area (Å²) in [5.74, 6) is 0.794. The van der Waals surface area contributed by atoms with Crippen LogP contribution in [0.5, 0.6) is 0 Å². The van der Waals surface area contributed by atoms with Crippen molar-refractivity contribution in [3.8, 4) is 0 Å². The molecule has 1 aliphatic carbocycles. The summed E-state index contributed by atoms with van der Waals surface area (Å²) in [4.78, 5) is 26.8. The molecule has 2 amide bonds. The highest BCUT2D eigenvalue weighted by molar-refractivity contribution is 5.99. The molecule has 4 heteroatoms. The van der Waals surface area contributed by atoms with E-state index in [2.05, 4.69) is 5.32 Å². The van der Waals surface area contributed by atoms with E-state index >= 15 is 0 Å². The Morgan fingerprint density at radius 3 is 2.32 bits per heavy atom. The minimum Gasteiger partial charge on any atom is -0.342 e. The zero-order chi connectivity index (χ0) is 14.4. The quantitative estimate of drug-likeness (QED) is 0.848. The molecule has 2 fully saturated rings. The Labute approximate surface area is 115 Å². The molecule has 1 heterocycles. The lowest BCUT2D eigenvalue weighted by molar-refractivity contribution is -0.158. The van der Waals surface area contributed by atoms with Crippen molar-refractivity contribution in [2.45, 2.75) is 65.5 Å². The van der Waals surface area contributed by atoms with Crippen molar-refractivity contribution in [3.63, 3.8) is 0 Å². The van der Waals surface area contributed by atoms with Gasteiger partial charge < -0.3 is 10.2 Å². The van der Waals surface area contributed by atoms with E-state index in [1.807, 2.05) is 34.6 Å². The highest BCUT2D eigenvalue weighted by Gasteiger charge is 2.49. The number of carbonyl (C=O) groups is 2. The summed E-state index contributed by atoms with van der Waals surface area (Å²) in [5.41, 5.74) is -0.977. The topological polar surface area (TPSA) is 49.4 Å². The van der Waals surface area contributed by atoms with E-state index in [0.717, 1.165) is 12.3 Å². The van der Waals surface area contributed by atoms with E-state index in [1.165, 1.54) is 12.8 Å². The summed E-state index contributed by atoms with van der Waals surface area (Å²) in [7, 11) is 0. The Morgan fingerprint density at radius 1 is 1.26 bits per heavy atom. The molecule has 1 atom stereocenters. The van der Waals surface area contributed by atoms with Gasteiger partial charge in [0.05, 0.1) is 0 Å². The highest BCUT2D eigenvalue weighted by atomic mass is 16.2. The van der Waals surface area contributed by atoms with Gasteiger partial charge in [0.25, 0.3) is 0 Å². The summed E-state index contributed by atoms with van der Waals surface area (Å²) in [6.07, 6.45) is 3.58. The van der Waals surface area contributed by atoms with Crippen LogP contribution in [0.1, 0.15) is 53.9 Å². The number of rotatable bonds is 3. The predicted molar refractivity (Wildman–Crippen MR) is 74.5 cm³/mol. The second-order valence-corrected chi connectivity index (χ2v) is 7.55. The van der Waals surface area contributed by atoms with Crippen molar-refractivity contribution in [2.75, 3.05) is 6.54 Å². The number of piperazine rings is 1. The number of nitrogens with zero attached hydrogens (tertiary/aromatic N) is 1. The van der Waals surface area contributed by atoms with Crippen LogP contribution in [0.15, 0.2) is 0 Å². The number of hydrogen-bond donors (Lipinski definition) is 1. The van der Waals surface area contributed by atoms with Crippen LogP contribution >= 0.6 is 0 Å². The van der Waals surface area contributed by atoms with Crippen LogP contribution < -0.4 is 5.32 Å². The van der Waals surface area contributed by atoms with Crippen molar-refractivity contribution in [1.29, 1.82) is 0 Å². The van der Waals surface area contributed by atoms with Gasteiger partial charge in [-0.2, -0.15) is 0 Å². The van der Waals surface area contributed by atoms with Crippen LogP contribution in [0.25, 0.3) is 0 Å². The van der Waals surface area contributed by atoms with Crippen LogP contribution in [-0.2, 0) is 9.59 Å². The third-order valence-electron chi connectivity index (χ3n) is 4.34. The first kappa shape index (κ1) is 14.4. The molecule has 4 nitrogen and oxygen atoms in total. The average Bonchev–Trinajstić information content (AvgIpc) is 3.05. The molecule has 1 N–H and O–H groups in total. The van der Waals surface area contributed by atoms with Crippen LogP contribution in [0, 0.1) is 11.3 Å². The summed E-state index contributed by atoms with van der Waals surface area (Å²) in [5, 5.41) is 2.90. The Kier molecular flexibility index (Phi) is 3.40. The van der Waals surface area contributed by atoms with Gasteiger partial charge in [-0.1, -0.05) is 33.6 Å². The van der Waals surface area contributed by atoms with Crippen LogP contribution in [0.2, 0.25) is 0 Å². The summed E-state index contributed by atoms with van der Waals surface area (Å²) in [6.45, 7) is 10.4. The van der Waals surface area contributed by atoms with E-state index in [4.69, 9.17) is 0 Å². The lowest BCUT2D eigenvalue weighted by Gasteiger charge is -2.47. The lowest BCUT2D eigenvalue weighted by atomic mass is 9.81. The summed E-state index contributed by atoms with van der Waals surface area (Å²) < 4.78 is 0. The number of carbonyl (C=O) groups excluding carboxylic acids is 2. The standard InChI is InChI=1S/C15H26N2O2/c1-14(2,3)11-12(18)17(9-8-10-6-7-10)15(4,5)13(19)16-11/h10-11H,6-9H2,1-5H3,(H,16,19). The van der Waals surface area contributed by atoms with Crippen LogP contribution in [0.4, 0.5) is 0 Å². The summed E-state index contributed by atoms with van der Waals surface area (Å²) in [6, 6.07) is -0.410. The molecule has 0 aromatic heterocycles. The lowest BCUT2D eigenvalue weighted by Crippen LogP contribution is -2.70. The van der Waals surface area contributed by atoms with E-state index in [0.29, 0.717) is 6.54 Å². The molecule has 0 aromatic rings. The van der Waals surface area contributed by atoms with Gasteiger partial charge in [-0.3, -0.25) is 9.59 Å². The Balaban J connectivity index is 2.18. The second-order valence-electron chi connectivity index (χ2n) is 7.55. The molecule has 1 saturated carbocycles. The predicted octanol–water partition coefficient (Wildman–Crippen LogP) is 1.94. The van der Waals surface area contributed by atoms with Crippen molar-refractivity contribution >= 4 is 11.8 Å². The minimum absolute atomic E-state index is 0.0391. The van der Waals surface area contributed by atoms with E-state index < -0.39 is 11.6 Å². The molecule has 0 aromatic carbocycles. The van der Waals surface area contributed by atoms with E-state index in [1.54, 1.807) is 4.90 Å². The maximum atomic E-state index is 12.7. The monoisotopic (exact) mass is 266 g/mol. The molecule has 2 aliphatic rings. The molecule has 1 unspecified atom stereocenters. The van der Waals surface area contributed by atoms with Crippen LogP contribution in [-0.4, -0.2) is 34.8 Å². The molecule has 1 saturated heterocycles. The first-order valence-corrected chi connectivity index (χ1v) is 7.26. The molecule has 0 radical (unpaired) electrons. The molecule has 0 bridgehead atoms. The van der Waals surface area contributed by atoms with Gasteiger partial charge in [0.15, 0.2) is 0 Å². The van der Waals surface area contributed by atoms with Crippen molar-refractivity contribution < 1.29 is 9.59 Å². The molecule has 1 aliphatic heterocycles. The average molecular weight is 266 g/mol. The molecular weight excluding hydrogens is 240 g/mol. The largest absolute Gasteiger partial charge is 0.342 e. The third-order valence-corrected chi connectivity index (χ3v) is 4.34. The fraction of sp³-hybridized carbons (Fsp3) is 0.867. The maximum Gasteiger partial charge on any atom is 0.246 e. The first-order valence-electron chi connectivity index (χ1n) is 7.26. The third kappa shape index (κ3) is 2.77. The molecular formula is C15H26N2O2. The van der Waals surface area contributed by atoms with Gasteiger partial charge in [0.1, 0.15) is 11.6 Å². The first-order chi connectivity index (χ1) is 8.64. The maximum absolute atomic E-state index is 12.7. The van der Waals surface area contributed by atoms with Gasteiger partial charge in [-0.05, 0) is 31.6 Å².